The summed E-state index contributed by atoms with van der Waals surface area (Å²) in [6, 6.07) is 5.59. The van der Waals surface area contributed by atoms with Crippen LogP contribution in [0.4, 0.5) is 0 Å². The van der Waals surface area contributed by atoms with Gasteiger partial charge in [-0.3, -0.25) is 0 Å². The minimum absolute atomic E-state index is 0.260. The van der Waals surface area contributed by atoms with Crippen molar-refractivity contribution in [3.63, 3.8) is 0 Å². The highest BCUT2D eigenvalue weighted by molar-refractivity contribution is 7.92. The van der Waals surface area contributed by atoms with Crippen LogP contribution < -0.4 is 4.74 Å². The number of aryl methyl sites for hydroxylation is 1. The van der Waals surface area contributed by atoms with Gasteiger partial charge in [-0.2, -0.15) is 0 Å². The molecule has 1 fully saturated rings. The molecule has 2 unspecified atom stereocenters. The third kappa shape index (κ3) is 3.06. The Kier molecular flexibility index (Phi) is 4.41. The Morgan fingerprint density at radius 3 is 2.68 bits per heavy atom. The first-order valence-corrected chi connectivity index (χ1v) is 8.61. The maximum absolute atomic E-state index is 12.1. The molecule has 2 atom stereocenters. The lowest BCUT2D eigenvalue weighted by atomic mass is 10.0. The number of methoxy groups -OCH3 is 1. The molecule has 1 saturated heterocycles. The van der Waals surface area contributed by atoms with Crippen LogP contribution in [0.1, 0.15) is 35.8 Å². The molecule has 0 aliphatic carbocycles. The molecule has 5 heteroatoms. The number of sulfone groups is 1. The molecule has 106 valence electrons. The Hall–Kier alpha value is -0.740. The second kappa shape index (κ2) is 5.71. The topological polar surface area (TPSA) is 43.4 Å². The van der Waals surface area contributed by atoms with Gasteiger partial charge in [0.2, 0.25) is 0 Å². The van der Waals surface area contributed by atoms with Gasteiger partial charge in [0.1, 0.15) is 5.75 Å². The van der Waals surface area contributed by atoms with E-state index < -0.39 is 20.5 Å². The number of hydrogen-bond donors (Lipinski definition) is 0. The minimum atomic E-state index is -3.07. The van der Waals surface area contributed by atoms with Crippen LogP contribution in [0.2, 0.25) is 0 Å². The SMILES string of the molecule is COc1ccc(C(Cl)C2CCCCS2(=O)=O)c(C)c1. The predicted octanol–water partition coefficient (Wildman–Crippen LogP) is 3.25. The summed E-state index contributed by atoms with van der Waals surface area (Å²) in [5.74, 6) is 1.02. The number of alkyl halides is 1. The normalized spacial score (nSPS) is 23.8. The zero-order chi connectivity index (χ0) is 14.0. The van der Waals surface area contributed by atoms with E-state index in [0.717, 1.165) is 29.7 Å². The highest BCUT2D eigenvalue weighted by atomic mass is 35.5. The van der Waals surface area contributed by atoms with E-state index in [1.807, 2.05) is 25.1 Å². The molecule has 1 heterocycles. The largest absolute Gasteiger partial charge is 0.497 e. The summed E-state index contributed by atoms with van der Waals surface area (Å²) in [7, 11) is -1.46. The molecule has 1 aromatic carbocycles. The van der Waals surface area contributed by atoms with Gasteiger partial charge in [-0.15, -0.1) is 11.6 Å². The van der Waals surface area contributed by atoms with E-state index in [1.165, 1.54) is 0 Å². The van der Waals surface area contributed by atoms with Crippen LogP contribution in [0.3, 0.4) is 0 Å². The second-order valence-corrected chi connectivity index (χ2v) is 7.84. The van der Waals surface area contributed by atoms with Gasteiger partial charge < -0.3 is 4.74 Å². The van der Waals surface area contributed by atoms with Crippen LogP contribution in [0, 0.1) is 6.92 Å². The molecule has 0 aromatic heterocycles. The summed E-state index contributed by atoms with van der Waals surface area (Å²) in [5.41, 5.74) is 1.86. The van der Waals surface area contributed by atoms with Crippen molar-refractivity contribution in [2.75, 3.05) is 12.9 Å². The molecule has 19 heavy (non-hydrogen) atoms. The fourth-order valence-electron chi connectivity index (χ4n) is 2.59. The number of ether oxygens (including phenoxy) is 1. The molecule has 0 spiro atoms. The highest BCUT2D eigenvalue weighted by Crippen LogP contribution is 2.37. The summed E-state index contributed by atoms with van der Waals surface area (Å²) < 4.78 is 29.4. The molecule has 0 N–H and O–H groups in total. The Morgan fingerprint density at radius 1 is 1.37 bits per heavy atom. The van der Waals surface area contributed by atoms with Crippen LogP contribution >= 0.6 is 11.6 Å². The van der Waals surface area contributed by atoms with Crippen molar-refractivity contribution in [3.05, 3.63) is 29.3 Å². The van der Waals surface area contributed by atoms with Gasteiger partial charge >= 0.3 is 0 Å². The summed E-state index contributed by atoms with van der Waals surface area (Å²) in [6.45, 7) is 1.93. The molecular weight excluding hydrogens is 284 g/mol. The number of rotatable bonds is 3. The lowest BCUT2D eigenvalue weighted by Crippen LogP contribution is -2.32. The Balaban J connectivity index is 2.31. The number of halogens is 1. The monoisotopic (exact) mass is 302 g/mol. The molecule has 1 aromatic rings. The number of hydrogen-bond acceptors (Lipinski definition) is 3. The van der Waals surface area contributed by atoms with Crippen LogP contribution in [-0.4, -0.2) is 26.5 Å². The van der Waals surface area contributed by atoms with E-state index in [1.54, 1.807) is 7.11 Å². The molecule has 1 aliphatic rings. The van der Waals surface area contributed by atoms with Crippen molar-refractivity contribution in [3.8, 4) is 5.75 Å². The first-order valence-electron chi connectivity index (χ1n) is 6.46. The van der Waals surface area contributed by atoms with Crippen molar-refractivity contribution in [2.24, 2.45) is 0 Å². The van der Waals surface area contributed by atoms with Crippen molar-refractivity contribution in [2.45, 2.75) is 36.8 Å². The van der Waals surface area contributed by atoms with Crippen molar-refractivity contribution >= 4 is 21.4 Å². The van der Waals surface area contributed by atoms with Gasteiger partial charge in [0.25, 0.3) is 0 Å². The maximum Gasteiger partial charge on any atom is 0.154 e. The van der Waals surface area contributed by atoms with E-state index in [2.05, 4.69) is 0 Å². The standard InChI is InChI=1S/C14H19ClO3S/c1-10-9-11(18-2)6-7-12(10)14(15)13-5-3-4-8-19(13,16)17/h6-7,9,13-14H,3-5,8H2,1-2H3. The van der Waals surface area contributed by atoms with Crippen LogP contribution in [-0.2, 0) is 9.84 Å². The van der Waals surface area contributed by atoms with E-state index in [0.29, 0.717) is 6.42 Å². The Labute approximate surface area is 119 Å². The lowest BCUT2D eigenvalue weighted by Gasteiger charge is -2.27. The summed E-state index contributed by atoms with van der Waals surface area (Å²) in [4.78, 5) is 0. The van der Waals surface area contributed by atoms with E-state index in [4.69, 9.17) is 16.3 Å². The first kappa shape index (κ1) is 14.7. The van der Waals surface area contributed by atoms with Gasteiger partial charge in [0.05, 0.1) is 23.5 Å². The molecule has 3 nitrogen and oxygen atoms in total. The molecule has 0 bridgehead atoms. The van der Waals surface area contributed by atoms with Gasteiger partial charge in [0.15, 0.2) is 9.84 Å². The van der Waals surface area contributed by atoms with E-state index in [9.17, 15) is 8.42 Å². The molecule has 1 aliphatic heterocycles. The van der Waals surface area contributed by atoms with Gasteiger partial charge in [0, 0.05) is 0 Å². The fourth-order valence-corrected chi connectivity index (χ4v) is 5.38. The van der Waals surface area contributed by atoms with Crippen LogP contribution in [0.25, 0.3) is 0 Å². The van der Waals surface area contributed by atoms with Crippen LogP contribution in [0.15, 0.2) is 18.2 Å². The maximum atomic E-state index is 12.1. The summed E-state index contributed by atoms with van der Waals surface area (Å²) in [5, 5.41) is -0.939. The minimum Gasteiger partial charge on any atom is -0.497 e. The lowest BCUT2D eigenvalue weighted by molar-refractivity contribution is 0.414. The van der Waals surface area contributed by atoms with Gasteiger partial charge in [-0.05, 0) is 43.0 Å². The third-order valence-electron chi connectivity index (χ3n) is 3.73. The van der Waals surface area contributed by atoms with Crippen molar-refractivity contribution < 1.29 is 13.2 Å². The average Bonchev–Trinajstić information content (AvgIpc) is 2.37. The fraction of sp³-hybridized carbons (Fsp3) is 0.571. The Morgan fingerprint density at radius 2 is 2.11 bits per heavy atom. The van der Waals surface area contributed by atoms with Gasteiger partial charge in [-0.25, -0.2) is 8.42 Å². The molecule has 0 radical (unpaired) electrons. The molecule has 2 rings (SSSR count). The average molecular weight is 303 g/mol. The number of benzene rings is 1. The highest BCUT2D eigenvalue weighted by Gasteiger charge is 2.35. The first-order chi connectivity index (χ1) is 8.95. The second-order valence-electron chi connectivity index (χ2n) is 5.03. The molecular formula is C14H19ClO3S. The summed E-state index contributed by atoms with van der Waals surface area (Å²) >= 11 is 6.45. The molecule has 0 saturated carbocycles. The van der Waals surface area contributed by atoms with Crippen molar-refractivity contribution in [1.82, 2.24) is 0 Å². The van der Waals surface area contributed by atoms with Crippen LogP contribution in [0.5, 0.6) is 5.75 Å². The predicted molar refractivity (Wildman–Crippen MR) is 77.8 cm³/mol. The van der Waals surface area contributed by atoms with E-state index in [-0.39, 0.29) is 5.75 Å². The van der Waals surface area contributed by atoms with Gasteiger partial charge in [-0.1, -0.05) is 12.5 Å². The Bertz CT molecular complexity index is 554. The summed E-state index contributed by atoms with van der Waals surface area (Å²) in [6.07, 6.45) is 2.34. The molecule has 0 amide bonds. The van der Waals surface area contributed by atoms with E-state index >= 15 is 0 Å². The third-order valence-corrected chi connectivity index (χ3v) is 6.71. The zero-order valence-corrected chi connectivity index (χ0v) is 12.8. The smallest absolute Gasteiger partial charge is 0.154 e. The van der Waals surface area contributed by atoms with Crippen molar-refractivity contribution in [1.29, 1.82) is 0 Å². The quantitative estimate of drug-likeness (QED) is 0.805. The zero-order valence-electron chi connectivity index (χ0n) is 11.2.